The van der Waals surface area contributed by atoms with Gasteiger partial charge >= 0.3 is 5.69 Å². The number of amides is 1. The van der Waals surface area contributed by atoms with Gasteiger partial charge in [0.25, 0.3) is 11.5 Å². The number of hydrogen-bond acceptors (Lipinski definition) is 5. The third-order valence-electron chi connectivity index (χ3n) is 3.47. The number of aromatic amines is 2. The molecule has 0 saturated heterocycles. The van der Waals surface area contributed by atoms with Crippen molar-refractivity contribution in [3.05, 3.63) is 32.6 Å². The zero-order valence-corrected chi connectivity index (χ0v) is 11.7. The molecular weight excluding hydrogens is 276 g/mol. The number of hydrogen-bond donors (Lipinski definition) is 4. The van der Waals surface area contributed by atoms with Crippen LogP contribution in [0.5, 0.6) is 0 Å². The van der Waals surface area contributed by atoms with Gasteiger partial charge in [-0.1, -0.05) is 0 Å². The summed E-state index contributed by atoms with van der Waals surface area (Å²) in [6.45, 7) is 0.704. The van der Waals surface area contributed by atoms with Crippen molar-refractivity contribution in [1.82, 2.24) is 15.3 Å². The van der Waals surface area contributed by atoms with Gasteiger partial charge < -0.3 is 20.8 Å². The molecule has 1 saturated carbocycles. The molecule has 2 rings (SSSR count). The molecule has 0 unspecified atom stereocenters. The first-order valence-corrected chi connectivity index (χ1v) is 7.03. The number of nitrogens with one attached hydrogen (secondary N) is 3. The Morgan fingerprint density at radius 2 is 2.00 bits per heavy atom. The number of H-pyrrole nitrogens is 2. The number of carbonyl (C=O) groups is 1. The monoisotopic (exact) mass is 296 g/mol. The van der Waals surface area contributed by atoms with Crippen LogP contribution in [0.25, 0.3) is 0 Å². The first-order valence-electron chi connectivity index (χ1n) is 7.03. The summed E-state index contributed by atoms with van der Waals surface area (Å²) in [5.41, 5.74) is 4.43. The first kappa shape index (κ1) is 15.5. The molecular formula is C13H20N4O4. The first-order chi connectivity index (χ1) is 10.0. The number of rotatable bonds is 5. The largest absolute Gasteiger partial charge is 0.376 e. The van der Waals surface area contributed by atoms with Crippen LogP contribution in [0.1, 0.15) is 36.2 Å². The van der Waals surface area contributed by atoms with Crippen molar-refractivity contribution in [1.29, 1.82) is 0 Å². The lowest BCUT2D eigenvalue weighted by molar-refractivity contribution is 0.0267. The summed E-state index contributed by atoms with van der Waals surface area (Å²) in [7, 11) is 0. The van der Waals surface area contributed by atoms with E-state index < -0.39 is 17.2 Å². The topological polar surface area (TPSA) is 130 Å². The summed E-state index contributed by atoms with van der Waals surface area (Å²) >= 11 is 0. The third kappa shape index (κ3) is 4.83. The van der Waals surface area contributed by atoms with Crippen LogP contribution < -0.4 is 22.3 Å². The minimum atomic E-state index is -0.706. The van der Waals surface area contributed by atoms with Crippen molar-refractivity contribution in [2.24, 2.45) is 5.73 Å². The van der Waals surface area contributed by atoms with Crippen molar-refractivity contribution in [2.75, 3.05) is 13.2 Å². The minimum absolute atomic E-state index is 0.0626. The van der Waals surface area contributed by atoms with E-state index in [0.29, 0.717) is 13.2 Å². The quantitative estimate of drug-likeness (QED) is 0.522. The fraction of sp³-hybridized carbons (Fsp3) is 0.615. The Labute approximate surface area is 121 Å². The van der Waals surface area contributed by atoms with Crippen LogP contribution in [0.3, 0.4) is 0 Å². The van der Waals surface area contributed by atoms with Crippen LogP contribution in [0.4, 0.5) is 0 Å². The number of aromatic nitrogens is 2. The van der Waals surface area contributed by atoms with Gasteiger partial charge in [-0.2, -0.15) is 0 Å². The zero-order valence-electron chi connectivity index (χ0n) is 11.7. The van der Waals surface area contributed by atoms with Crippen LogP contribution in [-0.4, -0.2) is 41.2 Å². The van der Waals surface area contributed by atoms with Crippen LogP contribution >= 0.6 is 0 Å². The van der Waals surface area contributed by atoms with Crippen molar-refractivity contribution in [3.63, 3.8) is 0 Å². The van der Waals surface area contributed by atoms with Gasteiger partial charge in [-0.3, -0.25) is 14.6 Å². The highest BCUT2D eigenvalue weighted by Crippen LogP contribution is 2.19. The van der Waals surface area contributed by atoms with Gasteiger partial charge in [0.1, 0.15) is 5.69 Å². The molecule has 1 aromatic rings. The Balaban J connectivity index is 1.72. The molecule has 1 amide bonds. The van der Waals surface area contributed by atoms with Crippen molar-refractivity contribution in [2.45, 2.75) is 37.8 Å². The van der Waals surface area contributed by atoms with E-state index in [1.165, 1.54) is 0 Å². The average molecular weight is 296 g/mol. The molecule has 1 aliphatic rings. The fourth-order valence-electron chi connectivity index (χ4n) is 2.33. The van der Waals surface area contributed by atoms with Gasteiger partial charge in [-0.05, 0) is 25.7 Å². The molecule has 0 atom stereocenters. The molecule has 1 aromatic heterocycles. The number of ether oxygens (including phenoxy) is 1. The molecule has 0 bridgehead atoms. The molecule has 0 spiro atoms. The van der Waals surface area contributed by atoms with E-state index in [1.54, 1.807) is 0 Å². The maximum Gasteiger partial charge on any atom is 0.326 e. The maximum absolute atomic E-state index is 11.7. The fourth-order valence-corrected chi connectivity index (χ4v) is 2.33. The molecule has 0 radical (unpaired) electrons. The Kier molecular flexibility index (Phi) is 5.29. The minimum Gasteiger partial charge on any atom is -0.376 e. The molecule has 8 heteroatoms. The summed E-state index contributed by atoms with van der Waals surface area (Å²) in [6.07, 6.45) is 4.00. The normalized spacial score (nSPS) is 22.0. The zero-order chi connectivity index (χ0) is 15.2. The van der Waals surface area contributed by atoms with Crippen molar-refractivity contribution >= 4 is 5.91 Å². The Morgan fingerprint density at radius 1 is 1.29 bits per heavy atom. The highest BCUT2D eigenvalue weighted by atomic mass is 16.5. The Bertz CT molecular complexity index is 558. The van der Waals surface area contributed by atoms with Crippen LogP contribution in [-0.2, 0) is 4.74 Å². The number of nitrogens with two attached hydrogens (primary N) is 1. The number of carbonyl (C=O) groups excluding carboxylic acids is 1. The van der Waals surface area contributed by atoms with Gasteiger partial charge in [0.15, 0.2) is 0 Å². The lowest BCUT2D eigenvalue weighted by Gasteiger charge is -2.26. The molecule has 8 nitrogen and oxygen atoms in total. The Morgan fingerprint density at radius 3 is 2.67 bits per heavy atom. The van der Waals surface area contributed by atoms with Gasteiger partial charge in [-0.25, -0.2) is 4.79 Å². The lowest BCUT2D eigenvalue weighted by atomic mass is 9.94. The predicted octanol–water partition coefficient (Wildman–Crippen LogP) is -0.920. The molecule has 0 aromatic carbocycles. The molecule has 116 valence electrons. The van der Waals surface area contributed by atoms with Crippen LogP contribution in [0.2, 0.25) is 0 Å². The van der Waals surface area contributed by atoms with Crippen molar-refractivity contribution < 1.29 is 9.53 Å². The van der Waals surface area contributed by atoms with E-state index in [4.69, 9.17) is 10.5 Å². The Hall–Kier alpha value is -1.93. The van der Waals surface area contributed by atoms with Gasteiger partial charge in [-0.15, -0.1) is 0 Å². The summed E-state index contributed by atoms with van der Waals surface area (Å²) in [5.74, 6) is -0.507. The van der Waals surface area contributed by atoms with Gasteiger partial charge in [0.2, 0.25) is 0 Å². The third-order valence-corrected chi connectivity index (χ3v) is 3.47. The highest BCUT2D eigenvalue weighted by molar-refractivity contribution is 5.91. The summed E-state index contributed by atoms with van der Waals surface area (Å²) in [4.78, 5) is 38.1. The SMILES string of the molecule is NC1CCC(OCCNC(=O)c2cc(=O)[nH]c(=O)[nH]2)CC1. The van der Waals surface area contributed by atoms with Crippen LogP contribution in [0.15, 0.2) is 15.7 Å². The second-order valence-electron chi connectivity index (χ2n) is 5.16. The standard InChI is InChI=1S/C13H20N4O4/c14-8-1-3-9(4-2-8)21-6-5-15-12(19)10-7-11(18)17-13(20)16-10/h7-9H,1-6,14H2,(H,15,19)(H2,16,17,18,20). The van der Waals surface area contributed by atoms with Crippen molar-refractivity contribution in [3.8, 4) is 0 Å². The second kappa shape index (κ2) is 7.19. The molecule has 21 heavy (non-hydrogen) atoms. The van der Waals surface area contributed by atoms with E-state index in [2.05, 4.69) is 10.3 Å². The van der Waals surface area contributed by atoms with Gasteiger partial charge in [0, 0.05) is 18.7 Å². The van der Waals surface area contributed by atoms with Crippen LogP contribution in [0, 0.1) is 0 Å². The van der Waals surface area contributed by atoms with E-state index in [9.17, 15) is 14.4 Å². The van der Waals surface area contributed by atoms with E-state index >= 15 is 0 Å². The molecule has 1 fully saturated rings. The molecule has 0 aliphatic heterocycles. The molecule has 1 heterocycles. The second-order valence-corrected chi connectivity index (χ2v) is 5.16. The summed E-state index contributed by atoms with van der Waals surface area (Å²) < 4.78 is 5.65. The maximum atomic E-state index is 11.7. The molecule has 5 N–H and O–H groups in total. The van der Waals surface area contributed by atoms with E-state index in [-0.39, 0.29) is 17.8 Å². The summed E-state index contributed by atoms with van der Waals surface area (Å²) in [6, 6.07) is 1.32. The van der Waals surface area contributed by atoms with Gasteiger partial charge in [0.05, 0.1) is 12.7 Å². The smallest absolute Gasteiger partial charge is 0.326 e. The average Bonchev–Trinajstić information content (AvgIpc) is 2.44. The lowest BCUT2D eigenvalue weighted by Crippen LogP contribution is -2.34. The molecule has 1 aliphatic carbocycles. The summed E-state index contributed by atoms with van der Waals surface area (Å²) in [5, 5.41) is 2.59. The highest BCUT2D eigenvalue weighted by Gasteiger charge is 2.18. The van der Waals surface area contributed by atoms with E-state index in [1.807, 2.05) is 4.98 Å². The predicted molar refractivity (Wildman–Crippen MR) is 76.2 cm³/mol. The van der Waals surface area contributed by atoms with E-state index in [0.717, 1.165) is 31.7 Å².